The summed E-state index contributed by atoms with van der Waals surface area (Å²) in [5.74, 6) is 0. The number of hydrogen-bond donors (Lipinski definition) is 1. The number of pyridine rings is 1. The zero-order valence-electron chi connectivity index (χ0n) is 9.96. The summed E-state index contributed by atoms with van der Waals surface area (Å²) in [7, 11) is 0. The van der Waals surface area contributed by atoms with E-state index >= 15 is 0 Å². The summed E-state index contributed by atoms with van der Waals surface area (Å²) in [6, 6.07) is 4.03. The lowest BCUT2D eigenvalue weighted by atomic mass is 10.1. The van der Waals surface area contributed by atoms with Gasteiger partial charge in [0, 0.05) is 24.5 Å². The molecule has 0 atom stereocenters. The molecule has 0 aliphatic carbocycles. The Morgan fingerprint density at radius 1 is 1.29 bits per heavy atom. The van der Waals surface area contributed by atoms with E-state index in [0.29, 0.717) is 0 Å². The van der Waals surface area contributed by atoms with Crippen LogP contribution in [0.1, 0.15) is 40.2 Å². The largest absolute Gasteiger partial charge is 0.308 e. The maximum atomic E-state index is 4.05. The quantitative estimate of drug-likeness (QED) is 0.783. The van der Waals surface area contributed by atoms with Gasteiger partial charge in [0.05, 0.1) is 0 Å². The Labute approximate surface area is 87.8 Å². The van der Waals surface area contributed by atoms with Gasteiger partial charge in [0.25, 0.3) is 0 Å². The van der Waals surface area contributed by atoms with Crippen LogP contribution >= 0.6 is 0 Å². The first-order valence-electron chi connectivity index (χ1n) is 5.22. The van der Waals surface area contributed by atoms with Crippen LogP contribution in [-0.2, 0) is 6.54 Å². The standard InChI is InChI=1S/C10H16N2.C2H6/c1-10(2,3)12-8-9-5-4-6-11-7-9;1-2/h4-7,12H,8H2,1-3H3;1-2H3. The summed E-state index contributed by atoms with van der Waals surface area (Å²) in [6.45, 7) is 11.4. The predicted molar refractivity (Wildman–Crippen MR) is 62.2 cm³/mol. The van der Waals surface area contributed by atoms with Gasteiger partial charge in [0.1, 0.15) is 0 Å². The molecule has 0 spiro atoms. The van der Waals surface area contributed by atoms with Crippen molar-refractivity contribution in [1.82, 2.24) is 10.3 Å². The van der Waals surface area contributed by atoms with Gasteiger partial charge in [-0.05, 0) is 32.4 Å². The number of aromatic nitrogens is 1. The van der Waals surface area contributed by atoms with E-state index in [9.17, 15) is 0 Å². The molecule has 0 radical (unpaired) electrons. The van der Waals surface area contributed by atoms with E-state index in [2.05, 4.69) is 37.1 Å². The lowest BCUT2D eigenvalue weighted by Crippen LogP contribution is -2.35. The highest BCUT2D eigenvalue weighted by Gasteiger charge is 2.07. The smallest absolute Gasteiger partial charge is 0.0312 e. The van der Waals surface area contributed by atoms with Gasteiger partial charge < -0.3 is 5.32 Å². The van der Waals surface area contributed by atoms with Crippen LogP contribution in [-0.4, -0.2) is 10.5 Å². The molecule has 0 saturated carbocycles. The molecule has 0 unspecified atom stereocenters. The van der Waals surface area contributed by atoms with Crippen LogP contribution in [0.25, 0.3) is 0 Å². The summed E-state index contributed by atoms with van der Waals surface area (Å²) in [5.41, 5.74) is 1.41. The molecule has 0 aliphatic heterocycles. The summed E-state index contributed by atoms with van der Waals surface area (Å²) in [4.78, 5) is 4.05. The fourth-order valence-corrected chi connectivity index (χ4v) is 0.870. The van der Waals surface area contributed by atoms with Gasteiger partial charge in [-0.3, -0.25) is 4.98 Å². The Kier molecular flexibility index (Phi) is 6.13. The van der Waals surface area contributed by atoms with Crippen molar-refractivity contribution in [3.8, 4) is 0 Å². The van der Waals surface area contributed by atoms with Crippen molar-refractivity contribution in [3.63, 3.8) is 0 Å². The Hall–Kier alpha value is -0.890. The molecule has 1 rings (SSSR count). The van der Waals surface area contributed by atoms with E-state index in [1.165, 1.54) is 5.56 Å². The van der Waals surface area contributed by atoms with Crippen molar-refractivity contribution in [1.29, 1.82) is 0 Å². The molecule has 2 nitrogen and oxygen atoms in total. The third kappa shape index (κ3) is 6.61. The number of nitrogens with zero attached hydrogens (tertiary/aromatic N) is 1. The third-order valence-corrected chi connectivity index (χ3v) is 1.55. The molecular weight excluding hydrogens is 172 g/mol. The summed E-state index contributed by atoms with van der Waals surface area (Å²) in [6.07, 6.45) is 3.68. The monoisotopic (exact) mass is 194 g/mol. The molecule has 0 amide bonds. The van der Waals surface area contributed by atoms with E-state index < -0.39 is 0 Å². The minimum absolute atomic E-state index is 0.176. The second-order valence-electron chi connectivity index (χ2n) is 3.96. The molecule has 1 aromatic rings. The molecule has 80 valence electrons. The molecule has 2 heteroatoms. The van der Waals surface area contributed by atoms with Crippen LogP contribution in [0.3, 0.4) is 0 Å². The van der Waals surface area contributed by atoms with Crippen LogP contribution in [0, 0.1) is 0 Å². The first-order chi connectivity index (χ1) is 6.58. The molecule has 1 aromatic heterocycles. The molecule has 0 fully saturated rings. The predicted octanol–water partition coefficient (Wildman–Crippen LogP) is 3.00. The van der Waals surface area contributed by atoms with Crippen LogP contribution < -0.4 is 5.32 Å². The van der Waals surface area contributed by atoms with Crippen molar-refractivity contribution in [2.24, 2.45) is 0 Å². The van der Waals surface area contributed by atoms with Crippen LogP contribution in [0.4, 0.5) is 0 Å². The highest BCUT2D eigenvalue weighted by Crippen LogP contribution is 2.02. The number of rotatable bonds is 2. The zero-order valence-corrected chi connectivity index (χ0v) is 9.96. The summed E-state index contributed by atoms with van der Waals surface area (Å²) >= 11 is 0. The van der Waals surface area contributed by atoms with E-state index in [1.54, 1.807) is 6.20 Å². The van der Waals surface area contributed by atoms with Crippen molar-refractivity contribution in [2.75, 3.05) is 0 Å². The number of hydrogen-bond acceptors (Lipinski definition) is 2. The minimum Gasteiger partial charge on any atom is -0.308 e. The SMILES string of the molecule is CC.CC(C)(C)NCc1cccnc1. The van der Waals surface area contributed by atoms with E-state index in [4.69, 9.17) is 0 Å². The van der Waals surface area contributed by atoms with Gasteiger partial charge in [-0.15, -0.1) is 0 Å². The van der Waals surface area contributed by atoms with Gasteiger partial charge in [-0.1, -0.05) is 19.9 Å². The van der Waals surface area contributed by atoms with E-state index in [0.717, 1.165) is 6.54 Å². The van der Waals surface area contributed by atoms with Gasteiger partial charge in [-0.2, -0.15) is 0 Å². The second kappa shape index (κ2) is 6.55. The third-order valence-electron chi connectivity index (χ3n) is 1.55. The molecule has 14 heavy (non-hydrogen) atoms. The average molecular weight is 194 g/mol. The summed E-state index contributed by atoms with van der Waals surface area (Å²) < 4.78 is 0. The van der Waals surface area contributed by atoms with E-state index in [-0.39, 0.29) is 5.54 Å². The van der Waals surface area contributed by atoms with E-state index in [1.807, 2.05) is 26.1 Å². The molecule has 1 N–H and O–H groups in total. The Morgan fingerprint density at radius 3 is 2.36 bits per heavy atom. The van der Waals surface area contributed by atoms with Crippen LogP contribution in [0.5, 0.6) is 0 Å². The maximum Gasteiger partial charge on any atom is 0.0312 e. The fourth-order valence-electron chi connectivity index (χ4n) is 0.870. The van der Waals surface area contributed by atoms with Crippen LogP contribution in [0.15, 0.2) is 24.5 Å². The first kappa shape index (κ1) is 13.1. The molecule has 0 saturated heterocycles. The van der Waals surface area contributed by atoms with Crippen LogP contribution in [0.2, 0.25) is 0 Å². The summed E-state index contributed by atoms with van der Waals surface area (Å²) in [5, 5.41) is 3.40. The normalized spacial score (nSPS) is 10.4. The molecular formula is C12H22N2. The lowest BCUT2D eigenvalue weighted by Gasteiger charge is -2.20. The highest BCUT2D eigenvalue weighted by atomic mass is 14.9. The number of nitrogens with one attached hydrogen (secondary N) is 1. The first-order valence-corrected chi connectivity index (χ1v) is 5.22. The Bertz CT molecular complexity index is 224. The molecule has 0 bridgehead atoms. The van der Waals surface area contributed by atoms with Crippen molar-refractivity contribution in [2.45, 2.75) is 46.7 Å². The van der Waals surface area contributed by atoms with Crippen molar-refractivity contribution < 1.29 is 0 Å². The second-order valence-corrected chi connectivity index (χ2v) is 3.96. The molecule has 1 heterocycles. The van der Waals surface area contributed by atoms with Crippen molar-refractivity contribution >= 4 is 0 Å². The minimum atomic E-state index is 0.176. The van der Waals surface area contributed by atoms with Crippen molar-refractivity contribution in [3.05, 3.63) is 30.1 Å². The topological polar surface area (TPSA) is 24.9 Å². The maximum absolute atomic E-state index is 4.05. The van der Waals surface area contributed by atoms with Gasteiger partial charge in [0.15, 0.2) is 0 Å². The Balaban J connectivity index is 0.000000791. The highest BCUT2D eigenvalue weighted by molar-refractivity contribution is 5.08. The lowest BCUT2D eigenvalue weighted by molar-refractivity contribution is 0.424. The average Bonchev–Trinajstić information content (AvgIpc) is 2.19. The molecule has 0 aromatic carbocycles. The zero-order chi connectivity index (χ0) is 11.0. The van der Waals surface area contributed by atoms with Gasteiger partial charge in [0.2, 0.25) is 0 Å². The fraction of sp³-hybridized carbons (Fsp3) is 0.583. The Morgan fingerprint density at radius 2 is 1.93 bits per heavy atom. The van der Waals surface area contributed by atoms with Gasteiger partial charge >= 0.3 is 0 Å². The van der Waals surface area contributed by atoms with Gasteiger partial charge in [-0.25, -0.2) is 0 Å². The molecule has 0 aliphatic rings.